The average Bonchev–Trinajstić information content (AvgIpc) is 2.62. The number of hydrogen-bond donors (Lipinski definition) is 0. The highest BCUT2D eigenvalue weighted by Crippen LogP contribution is 2.20. The third-order valence-corrected chi connectivity index (χ3v) is 2.37. The number of carbonyl (C=O) groups is 2. The van der Waals surface area contributed by atoms with Crippen molar-refractivity contribution in [2.75, 3.05) is 20.2 Å². The first kappa shape index (κ1) is 12.8. The van der Waals surface area contributed by atoms with E-state index in [1.165, 1.54) is 7.11 Å². The molecule has 0 radical (unpaired) electrons. The maximum atomic E-state index is 11.7. The lowest BCUT2D eigenvalue weighted by atomic mass is 10.1. The number of methoxy groups -OCH3 is 1. The van der Waals surface area contributed by atoms with Gasteiger partial charge < -0.3 is 14.4 Å². The van der Waals surface area contributed by atoms with E-state index in [0.29, 0.717) is 19.5 Å². The Morgan fingerprint density at radius 3 is 2.44 bits per heavy atom. The molecule has 16 heavy (non-hydrogen) atoms. The molecule has 1 aliphatic heterocycles. The maximum Gasteiger partial charge on any atom is 0.410 e. The van der Waals surface area contributed by atoms with Crippen LogP contribution in [0.4, 0.5) is 4.79 Å². The van der Waals surface area contributed by atoms with Crippen LogP contribution in [0.5, 0.6) is 0 Å². The summed E-state index contributed by atoms with van der Waals surface area (Å²) in [6, 6.07) is 0. The standard InChI is InChI=1S/C11H19NO4/c1-11(2,3)16-10(14)12-6-5-8(7-12)9(13)15-4/h8H,5-7H2,1-4H3/t8-/m0/s1. The molecule has 1 fully saturated rings. The highest BCUT2D eigenvalue weighted by atomic mass is 16.6. The fourth-order valence-corrected chi connectivity index (χ4v) is 1.61. The molecule has 1 aliphatic rings. The third kappa shape index (κ3) is 3.40. The second kappa shape index (κ2) is 4.72. The van der Waals surface area contributed by atoms with Crippen molar-refractivity contribution in [3.05, 3.63) is 0 Å². The van der Waals surface area contributed by atoms with Gasteiger partial charge in [0.15, 0.2) is 0 Å². The first-order chi connectivity index (χ1) is 7.33. The smallest absolute Gasteiger partial charge is 0.410 e. The van der Waals surface area contributed by atoms with Crippen LogP contribution < -0.4 is 0 Å². The van der Waals surface area contributed by atoms with Crippen molar-refractivity contribution in [1.29, 1.82) is 0 Å². The van der Waals surface area contributed by atoms with Crippen molar-refractivity contribution in [1.82, 2.24) is 4.90 Å². The Morgan fingerprint density at radius 1 is 1.31 bits per heavy atom. The molecule has 0 aromatic rings. The van der Waals surface area contributed by atoms with E-state index < -0.39 is 5.60 Å². The van der Waals surface area contributed by atoms with Gasteiger partial charge in [-0.25, -0.2) is 4.79 Å². The van der Waals surface area contributed by atoms with Crippen molar-refractivity contribution in [2.24, 2.45) is 5.92 Å². The Bertz CT molecular complexity index is 282. The second-order valence-corrected chi connectivity index (χ2v) is 4.94. The summed E-state index contributed by atoms with van der Waals surface area (Å²) in [6.07, 6.45) is 0.283. The first-order valence-electron chi connectivity index (χ1n) is 5.39. The van der Waals surface area contributed by atoms with E-state index in [9.17, 15) is 9.59 Å². The Balaban J connectivity index is 2.47. The molecular formula is C11H19NO4. The van der Waals surface area contributed by atoms with Gasteiger partial charge in [-0.3, -0.25) is 4.79 Å². The van der Waals surface area contributed by atoms with Gasteiger partial charge in [0.25, 0.3) is 0 Å². The monoisotopic (exact) mass is 229 g/mol. The number of esters is 1. The molecule has 1 saturated heterocycles. The van der Waals surface area contributed by atoms with E-state index in [1.54, 1.807) is 4.90 Å². The highest BCUT2D eigenvalue weighted by molar-refractivity contribution is 5.75. The minimum atomic E-state index is -0.500. The Labute approximate surface area is 95.7 Å². The molecule has 0 aromatic heterocycles. The quantitative estimate of drug-likeness (QED) is 0.638. The van der Waals surface area contributed by atoms with Gasteiger partial charge in [0.1, 0.15) is 5.60 Å². The lowest BCUT2D eigenvalue weighted by Gasteiger charge is -2.24. The Hall–Kier alpha value is -1.26. The summed E-state index contributed by atoms with van der Waals surface area (Å²) in [5, 5.41) is 0. The van der Waals surface area contributed by atoms with Gasteiger partial charge in [0, 0.05) is 13.1 Å². The van der Waals surface area contributed by atoms with Gasteiger partial charge in [0.2, 0.25) is 0 Å². The predicted molar refractivity (Wildman–Crippen MR) is 57.9 cm³/mol. The van der Waals surface area contributed by atoms with Crippen LogP contribution in [0.2, 0.25) is 0 Å². The third-order valence-electron chi connectivity index (χ3n) is 2.37. The van der Waals surface area contributed by atoms with Crippen molar-refractivity contribution in [2.45, 2.75) is 32.8 Å². The summed E-state index contributed by atoms with van der Waals surface area (Å²) in [5.74, 6) is -0.469. The molecule has 0 N–H and O–H groups in total. The molecule has 92 valence electrons. The topological polar surface area (TPSA) is 55.8 Å². The van der Waals surface area contributed by atoms with Gasteiger partial charge >= 0.3 is 12.1 Å². The van der Waals surface area contributed by atoms with Gasteiger partial charge in [-0.15, -0.1) is 0 Å². The number of hydrogen-bond acceptors (Lipinski definition) is 4. The van der Waals surface area contributed by atoms with Crippen LogP contribution >= 0.6 is 0 Å². The van der Waals surface area contributed by atoms with Crippen LogP contribution in [0.25, 0.3) is 0 Å². The molecule has 5 heteroatoms. The molecule has 1 amide bonds. The zero-order valence-electron chi connectivity index (χ0n) is 10.3. The van der Waals surface area contributed by atoms with E-state index >= 15 is 0 Å². The molecule has 0 bridgehead atoms. The number of nitrogens with zero attached hydrogens (tertiary/aromatic N) is 1. The molecule has 0 spiro atoms. The van der Waals surface area contributed by atoms with Gasteiger partial charge in [-0.2, -0.15) is 0 Å². The van der Waals surface area contributed by atoms with Crippen LogP contribution in [0, 0.1) is 5.92 Å². The molecule has 5 nitrogen and oxygen atoms in total. The summed E-state index contributed by atoms with van der Waals surface area (Å²) in [4.78, 5) is 24.5. The van der Waals surface area contributed by atoms with Gasteiger partial charge in [-0.1, -0.05) is 0 Å². The predicted octanol–water partition coefficient (Wildman–Crippen LogP) is 1.42. The zero-order valence-corrected chi connectivity index (χ0v) is 10.3. The Kier molecular flexibility index (Phi) is 3.78. The zero-order chi connectivity index (χ0) is 12.3. The summed E-state index contributed by atoms with van der Waals surface area (Å²) in [6.45, 7) is 6.40. The maximum absolute atomic E-state index is 11.7. The lowest BCUT2D eigenvalue weighted by molar-refractivity contribution is -0.144. The number of carbonyl (C=O) groups excluding carboxylic acids is 2. The Morgan fingerprint density at radius 2 is 1.94 bits per heavy atom. The number of likely N-dealkylation sites (tertiary alicyclic amines) is 1. The molecule has 0 unspecified atom stereocenters. The van der Waals surface area contributed by atoms with Crippen molar-refractivity contribution >= 4 is 12.1 Å². The first-order valence-corrected chi connectivity index (χ1v) is 5.39. The summed E-state index contributed by atoms with van der Waals surface area (Å²) < 4.78 is 9.86. The van der Waals surface area contributed by atoms with Gasteiger partial charge in [0.05, 0.1) is 13.0 Å². The number of amides is 1. The van der Waals surface area contributed by atoms with E-state index in [4.69, 9.17) is 4.74 Å². The largest absolute Gasteiger partial charge is 0.469 e. The molecule has 1 heterocycles. The van der Waals surface area contributed by atoms with Gasteiger partial charge in [-0.05, 0) is 27.2 Å². The van der Waals surface area contributed by atoms with E-state index in [2.05, 4.69) is 4.74 Å². The highest BCUT2D eigenvalue weighted by Gasteiger charge is 2.33. The number of ether oxygens (including phenoxy) is 2. The van der Waals surface area contributed by atoms with Crippen molar-refractivity contribution in [3.8, 4) is 0 Å². The normalized spacial score (nSPS) is 20.8. The van der Waals surface area contributed by atoms with Crippen LogP contribution in [0.15, 0.2) is 0 Å². The van der Waals surface area contributed by atoms with E-state index in [0.717, 1.165) is 0 Å². The van der Waals surface area contributed by atoms with Crippen molar-refractivity contribution < 1.29 is 19.1 Å². The number of rotatable bonds is 1. The lowest BCUT2D eigenvalue weighted by Crippen LogP contribution is -2.36. The molecular weight excluding hydrogens is 210 g/mol. The summed E-state index contributed by atoms with van der Waals surface area (Å²) >= 11 is 0. The fraction of sp³-hybridized carbons (Fsp3) is 0.818. The average molecular weight is 229 g/mol. The minimum absolute atomic E-state index is 0.211. The molecule has 1 rings (SSSR count). The molecule has 0 saturated carbocycles. The van der Waals surface area contributed by atoms with E-state index in [-0.39, 0.29) is 18.0 Å². The molecule has 1 atom stereocenters. The van der Waals surface area contributed by atoms with E-state index in [1.807, 2.05) is 20.8 Å². The fourth-order valence-electron chi connectivity index (χ4n) is 1.61. The van der Waals surface area contributed by atoms with Crippen molar-refractivity contribution in [3.63, 3.8) is 0 Å². The van der Waals surface area contributed by atoms with Crippen LogP contribution in [-0.2, 0) is 14.3 Å². The summed E-state index contributed by atoms with van der Waals surface area (Å²) in [7, 11) is 1.36. The van der Waals surface area contributed by atoms with Crippen LogP contribution in [0.1, 0.15) is 27.2 Å². The molecule has 0 aromatic carbocycles. The SMILES string of the molecule is COC(=O)[C@H]1CCN(C(=O)OC(C)(C)C)C1. The van der Waals surface area contributed by atoms with Crippen LogP contribution in [-0.4, -0.2) is 42.8 Å². The summed E-state index contributed by atoms with van der Waals surface area (Å²) in [5.41, 5.74) is -0.500. The van der Waals surface area contributed by atoms with Crippen LogP contribution in [0.3, 0.4) is 0 Å². The second-order valence-electron chi connectivity index (χ2n) is 4.94. The molecule has 0 aliphatic carbocycles. The minimum Gasteiger partial charge on any atom is -0.469 e.